The van der Waals surface area contributed by atoms with Crippen LogP contribution >= 0.6 is 0 Å². The zero-order chi connectivity index (χ0) is 11.1. The standard InChI is InChI=1S/C10H17NO3S/c1-2-11-10(6-4-3-5-7-10)9(12)8-15(11,13)14/h2-8H2,1H3. The molecule has 0 bridgehead atoms. The van der Waals surface area contributed by atoms with Gasteiger partial charge in [-0.3, -0.25) is 4.79 Å². The first-order valence-corrected chi connectivity index (χ1v) is 7.18. The molecule has 0 aromatic rings. The molecule has 0 amide bonds. The molecule has 0 unspecified atom stereocenters. The van der Waals surface area contributed by atoms with Crippen LogP contribution in [0.15, 0.2) is 0 Å². The van der Waals surface area contributed by atoms with Gasteiger partial charge in [-0.05, 0) is 12.8 Å². The highest BCUT2D eigenvalue weighted by Gasteiger charge is 2.55. The van der Waals surface area contributed by atoms with Crippen molar-refractivity contribution in [3.8, 4) is 0 Å². The number of rotatable bonds is 1. The number of hydrogen-bond acceptors (Lipinski definition) is 3. The molecule has 15 heavy (non-hydrogen) atoms. The second-order valence-electron chi connectivity index (χ2n) is 4.44. The van der Waals surface area contributed by atoms with Crippen LogP contribution in [-0.4, -0.2) is 36.3 Å². The van der Waals surface area contributed by atoms with Crippen molar-refractivity contribution in [1.82, 2.24) is 4.31 Å². The second-order valence-corrected chi connectivity index (χ2v) is 6.33. The van der Waals surface area contributed by atoms with E-state index in [2.05, 4.69) is 0 Å². The summed E-state index contributed by atoms with van der Waals surface area (Å²) in [5, 5.41) is 0. The van der Waals surface area contributed by atoms with Crippen molar-refractivity contribution in [3.63, 3.8) is 0 Å². The minimum atomic E-state index is -3.31. The van der Waals surface area contributed by atoms with Crippen molar-refractivity contribution < 1.29 is 13.2 Å². The van der Waals surface area contributed by atoms with E-state index in [1.165, 1.54) is 4.31 Å². The van der Waals surface area contributed by atoms with E-state index in [1.54, 1.807) is 0 Å². The van der Waals surface area contributed by atoms with E-state index in [0.29, 0.717) is 6.54 Å². The van der Waals surface area contributed by atoms with Gasteiger partial charge in [0.25, 0.3) is 0 Å². The molecule has 1 heterocycles. The average Bonchev–Trinajstić information content (AvgIpc) is 2.35. The Bertz CT molecular complexity index is 368. The highest BCUT2D eigenvalue weighted by atomic mass is 32.2. The molecule has 1 saturated carbocycles. The van der Waals surface area contributed by atoms with Crippen molar-refractivity contribution in [2.75, 3.05) is 12.3 Å². The summed E-state index contributed by atoms with van der Waals surface area (Å²) in [5.74, 6) is -0.357. The molecule has 1 aliphatic heterocycles. The number of sulfonamides is 1. The van der Waals surface area contributed by atoms with Gasteiger partial charge in [0.1, 0.15) is 5.75 Å². The molecule has 5 heteroatoms. The molecule has 0 atom stereocenters. The van der Waals surface area contributed by atoms with Crippen LogP contribution in [0.5, 0.6) is 0 Å². The normalized spacial score (nSPS) is 29.8. The van der Waals surface area contributed by atoms with Crippen LogP contribution in [0, 0.1) is 0 Å². The molecule has 2 aliphatic rings. The number of carbonyl (C=O) groups excluding carboxylic acids is 1. The zero-order valence-electron chi connectivity index (χ0n) is 9.03. The van der Waals surface area contributed by atoms with Crippen LogP contribution in [0.3, 0.4) is 0 Å². The number of ketones is 1. The quantitative estimate of drug-likeness (QED) is 0.674. The summed E-state index contributed by atoms with van der Waals surface area (Å²) in [4.78, 5) is 11.9. The van der Waals surface area contributed by atoms with Crippen molar-refractivity contribution >= 4 is 15.8 Å². The van der Waals surface area contributed by atoms with Gasteiger partial charge in [-0.15, -0.1) is 0 Å². The van der Waals surface area contributed by atoms with Crippen molar-refractivity contribution in [3.05, 3.63) is 0 Å². The summed E-state index contributed by atoms with van der Waals surface area (Å²) in [6.45, 7) is 2.24. The summed E-state index contributed by atoms with van der Waals surface area (Å²) in [5.41, 5.74) is -0.661. The highest BCUT2D eigenvalue weighted by molar-refractivity contribution is 7.90. The predicted octanol–water partition coefficient (Wildman–Crippen LogP) is 0.924. The Kier molecular flexibility index (Phi) is 2.63. The van der Waals surface area contributed by atoms with E-state index in [9.17, 15) is 13.2 Å². The smallest absolute Gasteiger partial charge is 0.222 e. The lowest BCUT2D eigenvalue weighted by Crippen LogP contribution is -2.50. The molecule has 1 spiro atoms. The molecule has 0 aromatic carbocycles. The molecular weight excluding hydrogens is 214 g/mol. The molecule has 0 radical (unpaired) electrons. The number of hydrogen-bond donors (Lipinski definition) is 0. The monoisotopic (exact) mass is 231 g/mol. The largest absolute Gasteiger partial charge is 0.296 e. The maximum absolute atomic E-state index is 11.9. The average molecular weight is 231 g/mol. The van der Waals surface area contributed by atoms with Crippen LogP contribution in [0.1, 0.15) is 39.0 Å². The van der Waals surface area contributed by atoms with E-state index in [-0.39, 0.29) is 11.5 Å². The lowest BCUT2D eigenvalue weighted by atomic mass is 9.79. The molecule has 0 aromatic heterocycles. The van der Waals surface area contributed by atoms with E-state index in [4.69, 9.17) is 0 Å². The van der Waals surface area contributed by atoms with Crippen LogP contribution in [0.25, 0.3) is 0 Å². The minimum absolute atomic E-state index is 0.0796. The molecule has 1 saturated heterocycles. The van der Waals surface area contributed by atoms with Gasteiger partial charge in [0.2, 0.25) is 10.0 Å². The van der Waals surface area contributed by atoms with E-state index in [1.807, 2.05) is 6.92 Å². The summed E-state index contributed by atoms with van der Waals surface area (Å²) in [6.07, 6.45) is 4.50. The highest BCUT2D eigenvalue weighted by Crippen LogP contribution is 2.40. The van der Waals surface area contributed by atoms with Crippen LogP contribution in [-0.2, 0) is 14.8 Å². The lowest BCUT2D eigenvalue weighted by molar-refractivity contribution is -0.125. The molecule has 2 rings (SSSR count). The number of carbonyl (C=O) groups is 1. The first kappa shape index (κ1) is 11.1. The molecule has 2 fully saturated rings. The van der Waals surface area contributed by atoms with Crippen molar-refractivity contribution in [2.45, 2.75) is 44.6 Å². The summed E-state index contributed by atoms with van der Waals surface area (Å²) >= 11 is 0. The van der Waals surface area contributed by atoms with Gasteiger partial charge in [0, 0.05) is 6.54 Å². The van der Waals surface area contributed by atoms with E-state index < -0.39 is 15.6 Å². The third kappa shape index (κ3) is 1.52. The van der Waals surface area contributed by atoms with Gasteiger partial charge in [0.05, 0.1) is 5.54 Å². The van der Waals surface area contributed by atoms with Crippen LogP contribution in [0.4, 0.5) is 0 Å². The third-order valence-electron chi connectivity index (χ3n) is 3.61. The van der Waals surface area contributed by atoms with E-state index in [0.717, 1.165) is 32.1 Å². The topological polar surface area (TPSA) is 54.5 Å². The third-order valence-corrected chi connectivity index (χ3v) is 5.52. The minimum Gasteiger partial charge on any atom is -0.296 e. The van der Waals surface area contributed by atoms with Crippen molar-refractivity contribution in [1.29, 1.82) is 0 Å². The Morgan fingerprint density at radius 2 is 1.87 bits per heavy atom. The van der Waals surface area contributed by atoms with Gasteiger partial charge in [0.15, 0.2) is 5.78 Å². The number of Topliss-reactive ketones (excluding diaryl/α,β-unsaturated/α-hetero) is 1. The summed E-state index contributed by atoms with van der Waals surface area (Å²) < 4.78 is 25.0. The first-order valence-electron chi connectivity index (χ1n) is 5.57. The zero-order valence-corrected chi connectivity index (χ0v) is 9.85. The maximum atomic E-state index is 11.9. The predicted molar refractivity (Wildman–Crippen MR) is 57.0 cm³/mol. The van der Waals surface area contributed by atoms with Crippen molar-refractivity contribution in [2.24, 2.45) is 0 Å². The fraction of sp³-hybridized carbons (Fsp3) is 0.900. The van der Waals surface area contributed by atoms with Gasteiger partial charge >= 0.3 is 0 Å². The lowest BCUT2D eigenvalue weighted by Gasteiger charge is -2.37. The van der Waals surface area contributed by atoms with Crippen LogP contribution in [0.2, 0.25) is 0 Å². The molecule has 0 N–H and O–H groups in total. The molecular formula is C10H17NO3S. The molecule has 4 nitrogen and oxygen atoms in total. The van der Waals surface area contributed by atoms with Gasteiger partial charge in [-0.1, -0.05) is 26.2 Å². The Morgan fingerprint density at radius 1 is 1.27 bits per heavy atom. The second kappa shape index (κ2) is 3.56. The van der Waals surface area contributed by atoms with Gasteiger partial charge in [-0.25, -0.2) is 8.42 Å². The fourth-order valence-electron chi connectivity index (χ4n) is 2.95. The van der Waals surface area contributed by atoms with Gasteiger partial charge in [-0.2, -0.15) is 4.31 Å². The summed E-state index contributed by atoms with van der Waals surface area (Å²) in [7, 11) is -3.31. The van der Waals surface area contributed by atoms with Gasteiger partial charge < -0.3 is 0 Å². The Hall–Kier alpha value is -0.420. The number of nitrogens with zero attached hydrogens (tertiary/aromatic N) is 1. The fourth-order valence-corrected chi connectivity index (χ4v) is 4.91. The molecule has 86 valence electrons. The maximum Gasteiger partial charge on any atom is 0.222 e. The Balaban J connectivity index is 2.41. The Morgan fingerprint density at radius 3 is 2.40 bits per heavy atom. The summed E-state index contributed by atoms with van der Waals surface area (Å²) in [6, 6.07) is 0. The van der Waals surface area contributed by atoms with Crippen LogP contribution < -0.4 is 0 Å². The first-order chi connectivity index (χ1) is 7.03. The van der Waals surface area contributed by atoms with E-state index >= 15 is 0 Å². The Labute approximate surface area is 90.7 Å². The molecule has 1 aliphatic carbocycles. The SMILES string of the molecule is CCN1C2(CCCCC2)C(=O)CS1(=O)=O. The number of likely N-dealkylation sites (N-methyl/N-ethyl adjacent to an activating group) is 1.